The first-order valence-electron chi connectivity index (χ1n) is 6.37. The zero-order chi connectivity index (χ0) is 13.1. The molecule has 0 aromatic rings. The lowest BCUT2D eigenvalue weighted by atomic mass is 9.83. The van der Waals surface area contributed by atoms with Crippen molar-refractivity contribution < 1.29 is 13.9 Å². The zero-order valence-corrected chi connectivity index (χ0v) is 11.1. The van der Waals surface area contributed by atoms with Gasteiger partial charge in [-0.3, -0.25) is 0 Å². The Morgan fingerprint density at radius 3 is 2.29 bits per heavy atom. The van der Waals surface area contributed by atoms with E-state index in [4.69, 9.17) is 4.74 Å². The van der Waals surface area contributed by atoms with Gasteiger partial charge in [-0.05, 0) is 39.5 Å². The van der Waals surface area contributed by atoms with Gasteiger partial charge >= 0.3 is 5.97 Å². The van der Waals surface area contributed by atoms with Crippen molar-refractivity contribution in [2.24, 2.45) is 5.92 Å². The second-order valence-corrected chi connectivity index (χ2v) is 5.83. The molecule has 0 aromatic heterocycles. The van der Waals surface area contributed by atoms with Crippen molar-refractivity contribution in [1.29, 1.82) is 0 Å². The lowest BCUT2D eigenvalue weighted by molar-refractivity contribution is -0.150. The Morgan fingerprint density at radius 1 is 1.29 bits per heavy atom. The van der Waals surface area contributed by atoms with E-state index < -0.39 is 17.7 Å². The SMILES string of the molecule is C=C(C(=O)OC(C)(C)C)C(F)C1CCCCC1. The van der Waals surface area contributed by atoms with Gasteiger partial charge in [0.2, 0.25) is 0 Å². The maximum Gasteiger partial charge on any atom is 0.336 e. The van der Waals surface area contributed by atoms with Gasteiger partial charge in [-0.2, -0.15) is 0 Å². The molecular formula is C14H23FO2. The quantitative estimate of drug-likeness (QED) is 0.556. The van der Waals surface area contributed by atoms with E-state index in [9.17, 15) is 9.18 Å². The molecule has 1 unspecified atom stereocenters. The average molecular weight is 242 g/mol. The number of hydrogen-bond donors (Lipinski definition) is 0. The van der Waals surface area contributed by atoms with Gasteiger partial charge in [0.15, 0.2) is 0 Å². The van der Waals surface area contributed by atoms with Crippen molar-refractivity contribution in [3.05, 3.63) is 12.2 Å². The van der Waals surface area contributed by atoms with Crippen molar-refractivity contribution >= 4 is 5.97 Å². The lowest BCUT2D eigenvalue weighted by Gasteiger charge is -2.27. The van der Waals surface area contributed by atoms with Gasteiger partial charge in [-0.15, -0.1) is 0 Å². The molecule has 0 aliphatic heterocycles. The summed E-state index contributed by atoms with van der Waals surface area (Å²) in [5, 5.41) is 0. The minimum atomic E-state index is -1.25. The third kappa shape index (κ3) is 4.49. The van der Waals surface area contributed by atoms with Gasteiger partial charge in [0, 0.05) is 0 Å². The second-order valence-electron chi connectivity index (χ2n) is 5.83. The molecule has 3 heteroatoms. The molecule has 0 aromatic carbocycles. The Morgan fingerprint density at radius 2 is 1.82 bits per heavy atom. The van der Waals surface area contributed by atoms with Crippen molar-refractivity contribution in [3.8, 4) is 0 Å². The fourth-order valence-corrected chi connectivity index (χ4v) is 2.17. The van der Waals surface area contributed by atoms with E-state index in [0.717, 1.165) is 25.7 Å². The predicted octanol–water partition coefficient (Wildman–Crippen LogP) is 3.80. The molecule has 1 aliphatic rings. The molecule has 0 heterocycles. The normalized spacial score (nSPS) is 19.8. The highest BCUT2D eigenvalue weighted by molar-refractivity contribution is 5.89. The molecule has 17 heavy (non-hydrogen) atoms. The molecule has 1 fully saturated rings. The van der Waals surface area contributed by atoms with Gasteiger partial charge in [0.25, 0.3) is 0 Å². The maximum atomic E-state index is 14.1. The summed E-state index contributed by atoms with van der Waals surface area (Å²) < 4.78 is 19.2. The van der Waals surface area contributed by atoms with E-state index in [-0.39, 0.29) is 11.5 Å². The minimum absolute atomic E-state index is 0.0215. The van der Waals surface area contributed by atoms with Gasteiger partial charge in [-0.1, -0.05) is 25.8 Å². The van der Waals surface area contributed by atoms with Crippen LogP contribution < -0.4 is 0 Å². The van der Waals surface area contributed by atoms with E-state index in [0.29, 0.717) is 0 Å². The zero-order valence-electron chi connectivity index (χ0n) is 11.1. The van der Waals surface area contributed by atoms with E-state index in [1.54, 1.807) is 20.8 Å². The number of halogens is 1. The maximum absolute atomic E-state index is 14.1. The monoisotopic (exact) mass is 242 g/mol. The van der Waals surface area contributed by atoms with Gasteiger partial charge < -0.3 is 4.74 Å². The number of alkyl halides is 1. The Balaban J connectivity index is 2.53. The van der Waals surface area contributed by atoms with Crippen LogP contribution in [0.5, 0.6) is 0 Å². The summed E-state index contributed by atoms with van der Waals surface area (Å²) in [7, 11) is 0. The first kappa shape index (κ1) is 14.2. The lowest BCUT2D eigenvalue weighted by Crippen LogP contribution is -2.30. The Bertz CT molecular complexity index is 285. The molecule has 1 rings (SSSR count). The molecule has 1 saturated carbocycles. The molecule has 0 N–H and O–H groups in total. The van der Waals surface area contributed by atoms with Crippen molar-refractivity contribution in [3.63, 3.8) is 0 Å². The van der Waals surface area contributed by atoms with Crippen LogP contribution in [0, 0.1) is 5.92 Å². The number of carbonyl (C=O) groups excluding carboxylic acids is 1. The van der Waals surface area contributed by atoms with E-state index in [1.165, 1.54) is 6.42 Å². The Kier molecular flexibility index (Phi) is 4.72. The van der Waals surface area contributed by atoms with Crippen LogP contribution in [-0.4, -0.2) is 17.7 Å². The fraction of sp³-hybridized carbons (Fsp3) is 0.786. The first-order valence-corrected chi connectivity index (χ1v) is 6.37. The number of carbonyl (C=O) groups is 1. The van der Waals surface area contributed by atoms with Crippen LogP contribution >= 0.6 is 0 Å². The minimum Gasteiger partial charge on any atom is -0.457 e. The summed E-state index contributed by atoms with van der Waals surface area (Å²) in [5.74, 6) is -0.653. The highest BCUT2D eigenvalue weighted by Crippen LogP contribution is 2.31. The van der Waals surface area contributed by atoms with Crippen LogP contribution in [0.25, 0.3) is 0 Å². The summed E-state index contributed by atoms with van der Waals surface area (Å²) >= 11 is 0. The molecule has 0 spiro atoms. The Labute approximate surface area is 103 Å². The summed E-state index contributed by atoms with van der Waals surface area (Å²) in [5.41, 5.74) is -0.612. The number of rotatable bonds is 3. The van der Waals surface area contributed by atoms with Crippen LogP contribution in [0.3, 0.4) is 0 Å². The van der Waals surface area contributed by atoms with E-state index in [1.807, 2.05) is 0 Å². The molecule has 98 valence electrons. The summed E-state index contributed by atoms with van der Waals surface area (Å²) in [6.45, 7) is 8.87. The number of ether oxygens (including phenoxy) is 1. The Hall–Kier alpha value is -0.860. The van der Waals surface area contributed by atoms with Crippen LogP contribution in [0.1, 0.15) is 52.9 Å². The van der Waals surface area contributed by atoms with Crippen LogP contribution in [-0.2, 0) is 9.53 Å². The second kappa shape index (κ2) is 5.65. The largest absolute Gasteiger partial charge is 0.457 e. The molecular weight excluding hydrogens is 219 g/mol. The average Bonchev–Trinajstić information content (AvgIpc) is 2.26. The molecule has 1 atom stereocenters. The standard InChI is InChI=1S/C14H23FO2/c1-10(13(16)17-14(2,3)4)12(15)11-8-6-5-7-9-11/h11-12H,1,5-9H2,2-4H3. The van der Waals surface area contributed by atoms with E-state index >= 15 is 0 Å². The molecule has 1 aliphatic carbocycles. The molecule has 0 bridgehead atoms. The molecule has 0 radical (unpaired) electrons. The number of hydrogen-bond acceptors (Lipinski definition) is 2. The molecule has 0 saturated heterocycles. The third-order valence-electron chi connectivity index (χ3n) is 3.06. The molecule has 0 amide bonds. The highest BCUT2D eigenvalue weighted by Gasteiger charge is 2.31. The number of esters is 1. The van der Waals surface area contributed by atoms with Crippen LogP contribution in [0.2, 0.25) is 0 Å². The molecule has 2 nitrogen and oxygen atoms in total. The fourth-order valence-electron chi connectivity index (χ4n) is 2.17. The highest BCUT2D eigenvalue weighted by atomic mass is 19.1. The first-order chi connectivity index (χ1) is 7.81. The van der Waals surface area contributed by atoms with Crippen molar-refractivity contribution in [2.75, 3.05) is 0 Å². The van der Waals surface area contributed by atoms with Gasteiger partial charge in [0.05, 0.1) is 5.57 Å². The predicted molar refractivity (Wildman–Crippen MR) is 66.5 cm³/mol. The third-order valence-corrected chi connectivity index (χ3v) is 3.06. The summed E-state index contributed by atoms with van der Waals surface area (Å²) in [4.78, 5) is 11.7. The summed E-state index contributed by atoms with van der Waals surface area (Å²) in [6.07, 6.45) is 3.72. The van der Waals surface area contributed by atoms with Crippen molar-refractivity contribution in [2.45, 2.75) is 64.6 Å². The topological polar surface area (TPSA) is 26.3 Å². The van der Waals surface area contributed by atoms with Crippen LogP contribution in [0.15, 0.2) is 12.2 Å². The smallest absolute Gasteiger partial charge is 0.336 e. The van der Waals surface area contributed by atoms with Crippen LogP contribution in [0.4, 0.5) is 4.39 Å². The summed E-state index contributed by atoms with van der Waals surface area (Å²) in [6, 6.07) is 0. The van der Waals surface area contributed by atoms with Gasteiger partial charge in [0.1, 0.15) is 11.8 Å². The van der Waals surface area contributed by atoms with E-state index in [2.05, 4.69) is 6.58 Å². The van der Waals surface area contributed by atoms with Crippen molar-refractivity contribution in [1.82, 2.24) is 0 Å². The van der Waals surface area contributed by atoms with Gasteiger partial charge in [-0.25, -0.2) is 9.18 Å².